The topological polar surface area (TPSA) is 72.7 Å². The molecule has 1 aromatic carbocycles. The quantitative estimate of drug-likeness (QED) is 0.721. The van der Waals surface area contributed by atoms with Crippen LogP contribution in [0.4, 0.5) is 0 Å². The van der Waals surface area contributed by atoms with Gasteiger partial charge in [0.1, 0.15) is 0 Å². The van der Waals surface area contributed by atoms with Gasteiger partial charge in [-0.25, -0.2) is 4.68 Å². The van der Waals surface area contributed by atoms with E-state index in [-0.39, 0.29) is 17.1 Å². The fourth-order valence-electron chi connectivity index (χ4n) is 2.35. The molecule has 0 saturated heterocycles. The van der Waals surface area contributed by atoms with Crippen LogP contribution in [0.1, 0.15) is 38.3 Å². The van der Waals surface area contributed by atoms with E-state index in [2.05, 4.69) is 20.8 Å². The maximum absolute atomic E-state index is 12.2. The number of benzene rings is 1. The van der Waals surface area contributed by atoms with Gasteiger partial charge in [-0.2, -0.15) is 0 Å². The molecular weight excluding hydrogens is 381 g/mol. The van der Waals surface area contributed by atoms with E-state index in [1.165, 1.54) is 11.8 Å². The molecule has 0 spiro atoms. The van der Waals surface area contributed by atoms with Crippen LogP contribution in [0, 0.1) is 0 Å². The van der Waals surface area contributed by atoms with Gasteiger partial charge in [0.25, 0.3) is 0 Å². The Bertz CT molecular complexity index is 776. The van der Waals surface area contributed by atoms with Gasteiger partial charge in [0.15, 0.2) is 0 Å². The number of carbonyl (C=O) groups excluding carboxylic acids is 1. The summed E-state index contributed by atoms with van der Waals surface area (Å²) in [6.45, 7) is 4.60. The van der Waals surface area contributed by atoms with Crippen LogP contribution in [-0.2, 0) is 10.2 Å². The fourth-order valence-corrected chi connectivity index (χ4v) is 3.42. The van der Waals surface area contributed by atoms with Crippen LogP contribution >= 0.6 is 35.0 Å². The number of tetrazole rings is 1. The molecule has 2 aromatic rings. The predicted molar refractivity (Wildman–Crippen MR) is 99.3 cm³/mol. The van der Waals surface area contributed by atoms with E-state index in [0.717, 1.165) is 18.4 Å². The van der Waals surface area contributed by atoms with Crippen molar-refractivity contribution in [2.24, 2.45) is 0 Å². The lowest BCUT2D eigenvalue weighted by Crippen LogP contribution is -2.37. The summed E-state index contributed by atoms with van der Waals surface area (Å²) < 4.78 is 1.80. The van der Waals surface area contributed by atoms with Gasteiger partial charge in [0.05, 0.1) is 21.8 Å². The van der Waals surface area contributed by atoms with Gasteiger partial charge >= 0.3 is 0 Å². The molecule has 0 atom stereocenters. The molecule has 1 aliphatic rings. The molecule has 25 heavy (non-hydrogen) atoms. The second-order valence-corrected chi connectivity index (χ2v) is 8.47. The van der Waals surface area contributed by atoms with Gasteiger partial charge in [-0.3, -0.25) is 4.79 Å². The monoisotopic (exact) mass is 399 g/mol. The summed E-state index contributed by atoms with van der Waals surface area (Å²) in [4.78, 5) is 12.2. The van der Waals surface area contributed by atoms with Crippen LogP contribution in [-0.4, -0.2) is 38.4 Å². The first-order valence-corrected chi connectivity index (χ1v) is 9.74. The molecule has 1 fully saturated rings. The minimum atomic E-state index is -0.260. The van der Waals surface area contributed by atoms with Crippen LogP contribution in [0.2, 0.25) is 10.0 Å². The van der Waals surface area contributed by atoms with E-state index < -0.39 is 0 Å². The molecule has 1 N–H and O–H groups in total. The van der Waals surface area contributed by atoms with Crippen LogP contribution in [0.25, 0.3) is 0 Å². The Morgan fingerprint density at radius 3 is 2.80 bits per heavy atom. The number of nitrogens with zero attached hydrogens (tertiary/aromatic N) is 4. The van der Waals surface area contributed by atoms with Gasteiger partial charge in [-0.15, -0.1) is 5.10 Å². The number of halogens is 2. The summed E-state index contributed by atoms with van der Waals surface area (Å²) >= 11 is 13.4. The molecule has 1 amide bonds. The Labute approximate surface area is 160 Å². The highest BCUT2D eigenvalue weighted by Gasteiger charge is 2.28. The minimum Gasteiger partial charge on any atom is -0.355 e. The third kappa shape index (κ3) is 4.65. The molecular formula is C16H19Cl2N5OS. The number of thioether (sulfide) groups is 1. The number of hydrogen-bond acceptors (Lipinski definition) is 5. The number of rotatable bonds is 7. The lowest BCUT2D eigenvalue weighted by atomic mass is 9.84. The zero-order valence-corrected chi connectivity index (χ0v) is 16.3. The third-order valence-electron chi connectivity index (χ3n) is 4.12. The van der Waals surface area contributed by atoms with Crippen molar-refractivity contribution in [2.45, 2.75) is 43.3 Å². The highest BCUT2D eigenvalue weighted by molar-refractivity contribution is 7.99. The molecule has 1 aromatic heterocycles. The highest BCUT2D eigenvalue weighted by Crippen LogP contribution is 2.36. The first kappa shape index (κ1) is 18.5. The number of carbonyl (C=O) groups is 1. The van der Waals surface area contributed by atoms with Crippen molar-refractivity contribution in [3.8, 4) is 0 Å². The first-order chi connectivity index (χ1) is 11.9. The highest BCUT2D eigenvalue weighted by atomic mass is 35.5. The zero-order valence-electron chi connectivity index (χ0n) is 14.0. The number of amides is 1. The molecule has 9 heteroatoms. The molecule has 0 unspecified atom stereocenters. The number of aromatic nitrogens is 4. The second-order valence-electron chi connectivity index (χ2n) is 6.72. The van der Waals surface area contributed by atoms with Crippen LogP contribution in [0.5, 0.6) is 0 Å². The van der Waals surface area contributed by atoms with Crippen molar-refractivity contribution in [2.75, 3.05) is 12.3 Å². The molecule has 0 radical (unpaired) electrons. The molecule has 1 saturated carbocycles. The van der Waals surface area contributed by atoms with Gasteiger partial charge in [-0.1, -0.05) is 54.9 Å². The molecule has 1 heterocycles. The number of hydrogen-bond donors (Lipinski definition) is 1. The molecule has 3 rings (SSSR count). The molecule has 0 aliphatic heterocycles. The van der Waals surface area contributed by atoms with Crippen molar-refractivity contribution in [1.82, 2.24) is 25.5 Å². The van der Waals surface area contributed by atoms with Gasteiger partial charge in [-0.05, 0) is 41.0 Å². The van der Waals surface area contributed by atoms with E-state index in [9.17, 15) is 4.79 Å². The predicted octanol–water partition coefficient (Wildman–Crippen LogP) is 3.50. The summed E-state index contributed by atoms with van der Waals surface area (Å²) in [5.74, 6) is 0.230. The molecule has 6 nitrogen and oxygen atoms in total. The van der Waals surface area contributed by atoms with Crippen molar-refractivity contribution in [3.63, 3.8) is 0 Å². The van der Waals surface area contributed by atoms with Crippen LogP contribution < -0.4 is 5.32 Å². The maximum atomic E-state index is 12.2. The standard InChI is InChI=1S/C16H19Cl2N5OS/c1-16(2,10-3-6-12(17)13(18)7-10)9-19-14(24)8-25-15-20-21-22-23(15)11-4-5-11/h3,6-7,11H,4-5,8-9H2,1-2H3,(H,19,24). The largest absolute Gasteiger partial charge is 0.355 e. The second kappa shape index (κ2) is 7.51. The average molecular weight is 400 g/mol. The summed E-state index contributed by atoms with van der Waals surface area (Å²) in [6.07, 6.45) is 2.20. The van der Waals surface area contributed by atoms with E-state index in [1.54, 1.807) is 10.7 Å². The van der Waals surface area contributed by atoms with Gasteiger partial charge in [0, 0.05) is 12.0 Å². The van der Waals surface area contributed by atoms with Crippen molar-refractivity contribution < 1.29 is 4.79 Å². The summed E-state index contributed by atoms with van der Waals surface area (Å²) in [5, 5.41) is 16.3. The minimum absolute atomic E-state index is 0.0523. The summed E-state index contributed by atoms with van der Waals surface area (Å²) in [5.41, 5.74) is 0.761. The molecule has 134 valence electrons. The van der Waals surface area contributed by atoms with Crippen molar-refractivity contribution in [3.05, 3.63) is 33.8 Å². The normalized spacial score (nSPS) is 14.6. The third-order valence-corrected chi connectivity index (χ3v) is 5.79. The van der Waals surface area contributed by atoms with E-state index in [4.69, 9.17) is 23.2 Å². The Kier molecular flexibility index (Phi) is 5.55. The van der Waals surface area contributed by atoms with E-state index in [1.807, 2.05) is 26.0 Å². The van der Waals surface area contributed by atoms with Crippen molar-refractivity contribution >= 4 is 40.9 Å². The Morgan fingerprint density at radius 2 is 2.12 bits per heavy atom. The van der Waals surface area contributed by atoms with Crippen LogP contribution in [0.15, 0.2) is 23.4 Å². The van der Waals surface area contributed by atoms with Gasteiger partial charge in [0.2, 0.25) is 11.1 Å². The zero-order chi connectivity index (χ0) is 18.0. The SMILES string of the molecule is CC(C)(CNC(=O)CSc1nnnn1C1CC1)c1ccc(Cl)c(Cl)c1. The first-order valence-electron chi connectivity index (χ1n) is 8.00. The Balaban J connectivity index is 1.52. The van der Waals surface area contributed by atoms with E-state index in [0.29, 0.717) is 27.8 Å². The molecule has 0 bridgehead atoms. The Morgan fingerprint density at radius 1 is 1.36 bits per heavy atom. The number of nitrogens with one attached hydrogen (secondary N) is 1. The van der Waals surface area contributed by atoms with Gasteiger partial charge < -0.3 is 5.32 Å². The average Bonchev–Trinajstić information content (AvgIpc) is 3.31. The molecule has 1 aliphatic carbocycles. The van der Waals surface area contributed by atoms with Crippen molar-refractivity contribution in [1.29, 1.82) is 0 Å². The summed E-state index contributed by atoms with van der Waals surface area (Å²) in [7, 11) is 0. The van der Waals surface area contributed by atoms with Crippen LogP contribution in [0.3, 0.4) is 0 Å². The fraction of sp³-hybridized carbons (Fsp3) is 0.500. The lowest BCUT2D eigenvalue weighted by molar-refractivity contribution is -0.118. The lowest BCUT2D eigenvalue weighted by Gasteiger charge is -2.26. The maximum Gasteiger partial charge on any atom is 0.230 e. The summed E-state index contributed by atoms with van der Waals surface area (Å²) in [6, 6.07) is 5.94. The Hall–Kier alpha value is -1.31. The van der Waals surface area contributed by atoms with E-state index >= 15 is 0 Å². The smallest absolute Gasteiger partial charge is 0.230 e.